The molecule has 0 heterocycles. The van der Waals surface area contributed by atoms with Gasteiger partial charge in [-0.25, -0.2) is 8.98 Å². The van der Waals surface area contributed by atoms with E-state index in [1.54, 1.807) is 37.3 Å². The van der Waals surface area contributed by atoms with Gasteiger partial charge in [-0.2, -0.15) is 8.42 Å². The quantitative estimate of drug-likeness (QED) is 0.398. The third-order valence-corrected chi connectivity index (χ3v) is 3.75. The first-order chi connectivity index (χ1) is 9.98. The molecule has 1 aromatic rings. The lowest BCUT2D eigenvalue weighted by Crippen LogP contribution is -2.17. The van der Waals surface area contributed by atoms with Gasteiger partial charge in [0.25, 0.3) is 0 Å². The Morgan fingerprint density at radius 1 is 1.24 bits per heavy atom. The molecule has 0 fully saturated rings. The largest absolute Gasteiger partial charge is 0.450 e. The first kappa shape index (κ1) is 17.4. The van der Waals surface area contributed by atoms with E-state index in [0.29, 0.717) is 12.0 Å². The Bertz CT molecular complexity index is 573. The molecule has 21 heavy (non-hydrogen) atoms. The van der Waals surface area contributed by atoms with E-state index in [1.807, 2.05) is 0 Å². The molecule has 6 heteroatoms. The topological polar surface area (TPSA) is 69.7 Å². The summed E-state index contributed by atoms with van der Waals surface area (Å²) in [5.41, 5.74) is 0.332. The van der Waals surface area contributed by atoms with Crippen LogP contribution in [0.5, 0.6) is 0 Å². The van der Waals surface area contributed by atoms with Crippen molar-refractivity contribution in [2.75, 3.05) is 0 Å². The number of unbranched alkanes of at least 4 members (excludes halogenated alkanes) is 2. The van der Waals surface area contributed by atoms with Gasteiger partial charge in [-0.1, -0.05) is 56.5 Å². The molecule has 0 aliphatic heterocycles. The molecule has 0 aliphatic rings. The van der Waals surface area contributed by atoms with Crippen LogP contribution in [0.4, 0.5) is 0 Å². The fourth-order valence-electron chi connectivity index (χ4n) is 1.77. The predicted molar refractivity (Wildman–Crippen MR) is 80.2 cm³/mol. The summed E-state index contributed by atoms with van der Waals surface area (Å²) in [5.74, 6) is 1.08. The molecule has 0 aliphatic carbocycles. The predicted octanol–water partition coefficient (Wildman–Crippen LogP) is 3.11. The van der Waals surface area contributed by atoms with E-state index in [0.717, 1.165) is 19.3 Å². The Hall–Kier alpha value is -1.62. The maximum Gasteiger partial charge on any atom is 0.450 e. The lowest BCUT2D eigenvalue weighted by atomic mass is 10.1. The van der Waals surface area contributed by atoms with E-state index >= 15 is 0 Å². The van der Waals surface area contributed by atoms with Crippen LogP contribution in [0.2, 0.25) is 0 Å². The second-order valence-corrected chi connectivity index (χ2v) is 5.87. The molecular weight excluding hydrogens is 292 g/mol. The summed E-state index contributed by atoms with van der Waals surface area (Å²) in [6, 6.07) is 8.18. The smallest absolute Gasteiger partial charge is 0.349 e. The lowest BCUT2D eigenvalue weighted by Gasteiger charge is -2.13. The van der Waals surface area contributed by atoms with E-state index in [1.165, 1.54) is 5.94 Å². The van der Waals surface area contributed by atoms with E-state index in [9.17, 15) is 13.2 Å². The second-order valence-electron chi connectivity index (χ2n) is 4.69. The van der Waals surface area contributed by atoms with Gasteiger partial charge in [0.2, 0.25) is 5.76 Å². The van der Waals surface area contributed by atoms with Crippen LogP contribution < -0.4 is 0 Å². The number of hydrogen-bond acceptors (Lipinski definition) is 5. The molecule has 0 radical (unpaired) electrons. The third-order valence-electron chi connectivity index (χ3n) is 2.81. The highest BCUT2D eigenvalue weighted by Gasteiger charge is 2.21. The van der Waals surface area contributed by atoms with Crippen LogP contribution in [-0.2, 0) is 23.6 Å². The highest BCUT2D eigenvalue weighted by molar-refractivity contribution is 7.82. The minimum atomic E-state index is -4.28. The summed E-state index contributed by atoms with van der Waals surface area (Å²) < 4.78 is 33.1. The minimum Gasteiger partial charge on any atom is -0.349 e. The minimum absolute atomic E-state index is 0.332. The number of hydrogen-bond donors (Lipinski definition) is 0. The third kappa shape index (κ3) is 6.58. The average molecular weight is 312 g/mol. The molecule has 0 N–H and O–H groups in total. The van der Waals surface area contributed by atoms with E-state index in [2.05, 4.69) is 6.92 Å². The van der Waals surface area contributed by atoms with E-state index in [-0.39, 0.29) is 0 Å². The zero-order chi connectivity index (χ0) is 15.7. The van der Waals surface area contributed by atoms with Gasteiger partial charge < -0.3 is 4.18 Å². The first-order valence-electron chi connectivity index (χ1n) is 6.91. The lowest BCUT2D eigenvalue weighted by molar-refractivity contribution is 0.184. The zero-order valence-corrected chi connectivity index (χ0v) is 13.1. The molecule has 5 nitrogen and oxygen atoms in total. The average Bonchev–Trinajstić information content (AvgIpc) is 2.45. The first-order valence-corrected chi connectivity index (χ1v) is 8.25. The van der Waals surface area contributed by atoms with Crippen molar-refractivity contribution in [2.45, 2.75) is 45.6 Å². The molecule has 116 valence electrons. The van der Waals surface area contributed by atoms with Gasteiger partial charge in [0.15, 0.2) is 5.94 Å². The Labute approximate surface area is 125 Å². The van der Waals surface area contributed by atoms with Crippen LogP contribution in [0.3, 0.4) is 0 Å². The van der Waals surface area contributed by atoms with Gasteiger partial charge in [-0.3, -0.25) is 0 Å². The van der Waals surface area contributed by atoms with Crippen molar-refractivity contribution in [3.05, 3.63) is 35.9 Å². The van der Waals surface area contributed by atoms with Crippen molar-refractivity contribution in [2.24, 2.45) is 0 Å². The number of benzene rings is 1. The van der Waals surface area contributed by atoms with Crippen molar-refractivity contribution in [1.82, 2.24) is 0 Å². The molecule has 0 amide bonds. The summed E-state index contributed by atoms with van der Waals surface area (Å²) >= 11 is 0. The summed E-state index contributed by atoms with van der Waals surface area (Å²) in [5, 5.41) is 0. The molecule has 1 unspecified atom stereocenters. The van der Waals surface area contributed by atoms with Crippen LogP contribution in [0, 0.1) is 0 Å². The van der Waals surface area contributed by atoms with Crippen molar-refractivity contribution < 1.29 is 21.6 Å². The molecular formula is C15H20O5S. The number of rotatable bonds is 9. The molecule has 0 spiro atoms. The van der Waals surface area contributed by atoms with Crippen LogP contribution >= 0.6 is 0 Å². The normalized spacial score (nSPS) is 12.5. The van der Waals surface area contributed by atoms with Gasteiger partial charge in [0.05, 0.1) is 6.10 Å². The maximum atomic E-state index is 11.8. The highest BCUT2D eigenvalue weighted by Crippen LogP contribution is 2.18. The molecule has 0 aromatic heterocycles. The summed E-state index contributed by atoms with van der Waals surface area (Å²) in [6.07, 6.45) is 3.05. The van der Waals surface area contributed by atoms with Gasteiger partial charge in [0.1, 0.15) is 0 Å². The molecule has 0 saturated heterocycles. The Kier molecular flexibility index (Phi) is 7.15. The van der Waals surface area contributed by atoms with Gasteiger partial charge in [0, 0.05) is 5.56 Å². The van der Waals surface area contributed by atoms with Gasteiger partial charge in [-0.15, -0.1) is 0 Å². The highest BCUT2D eigenvalue weighted by atomic mass is 32.3. The van der Waals surface area contributed by atoms with E-state index < -0.39 is 22.3 Å². The molecule has 0 saturated carbocycles. The van der Waals surface area contributed by atoms with Crippen molar-refractivity contribution in [1.29, 1.82) is 0 Å². The molecule has 1 atom stereocenters. The van der Waals surface area contributed by atoms with Crippen LogP contribution in [0.25, 0.3) is 5.76 Å². The van der Waals surface area contributed by atoms with E-state index in [4.69, 9.17) is 8.37 Å². The van der Waals surface area contributed by atoms with Crippen molar-refractivity contribution in [3.63, 3.8) is 0 Å². The van der Waals surface area contributed by atoms with Gasteiger partial charge >= 0.3 is 10.4 Å². The Balaban J connectivity index is 2.65. The standard InChI is InChI=1S/C15H20O5S/c1-3-4-6-9-13(2)19-21(17,18)20-15(12-16)14-10-7-5-8-11-14/h5,7-8,10-11,13H,3-4,6,9H2,1-2H3. The van der Waals surface area contributed by atoms with Crippen LogP contribution in [0.1, 0.15) is 45.1 Å². The molecule has 0 bridgehead atoms. The summed E-state index contributed by atoms with van der Waals surface area (Å²) in [4.78, 5) is 10.9. The van der Waals surface area contributed by atoms with Gasteiger partial charge in [-0.05, 0) is 13.3 Å². The van der Waals surface area contributed by atoms with Crippen molar-refractivity contribution >= 4 is 22.1 Å². The van der Waals surface area contributed by atoms with Crippen molar-refractivity contribution in [3.8, 4) is 0 Å². The Morgan fingerprint density at radius 3 is 2.48 bits per heavy atom. The number of carbonyl (C=O) groups excluding carboxylic acids is 1. The maximum absolute atomic E-state index is 11.8. The fourth-order valence-corrected chi connectivity index (χ4v) is 2.64. The summed E-state index contributed by atoms with van der Waals surface area (Å²) in [6.45, 7) is 3.72. The fraction of sp³-hybridized carbons (Fsp3) is 0.467. The van der Waals surface area contributed by atoms with Crippen LogP contribution in [-0.4, -0.2) is 20.5 Å². The second kappa shape index (κ2) is 8.62. The molecule has 1 rings (SSSR count). The van der Waals surface area contributed by atoms with Crippen LogP contribution in [0.15, 0.2) is 30.3 Å². The monoisotopic (exact) mass is 312 g/mol. The molecule has 1 aromatic carbocycles. The SMILES string of the molecule is CCCCCC(C)OS(=O)(=O)OC(=C=O)c1ccccc1. The Morgan fingerprint density at radius 2 is 1.90 bits per heavy atom. The zero-order valence-electron chi connectivity index (χ0n) is 12.2. The summed E-state index contributed by atoms with van der Waals surface area (Å²) in [7, 11) is -4.28.